The highest BCUT2D eigenvalue weighted by Crippen LogP contribution is 2.08. The molecule has 0 aliphatic carbocycles. The largest absolute Gasteiger partial charge is 0.478 e. The van der Waals surface area contributed by atoms with Crippen molar-refractivity contribution in [3.8, 4) is 0 Å². The Kier molecular flexibility index (Phi) is 6.24. The van der Waals surface area contributed by atoms with Crippen molar-refractivity contribution >= 4 is 5.97 Å². The van der Waals surface area contributed by atoms with Crippen LogP contribution in [-0.4, -0.2) is 50.7 Å². The monoisotopic (exact) mass is 253 g/mol. The normalized spacial score (nSPS) is 10.8. The Morgan fingerprint density at radius 1 is 1.44 bits per heavy atom. The first-order chi connectivity index (χ1) is 8.69. The van der Waals surface area contributed by atoms with Gasteiger partial charge in [0.1, 0.15) is 11.9 Å². The van der Waals surface area contributed by atoms with Gasteiger partial charge in [-0.25, -0.2) is 14.8 Å². The van der Waals surface area contributed by atoms with Crippen LogP contribution in [-0.2, 0) is 6.54 Å². The van der Waals surface area contributed by atoms with Gasteiger partial charge in [-0.15, -0.1) is 0 Å². The van der Waals surface area contributed by atoms with Crippen LogP contribution in [0.3, 0.4) is 0 Å². The van der Waals surface area contributed by atoms with Gasteiger partial charge in [0.25, 0.3) is 0 Å². The van der Waals surface area contributed by atoms with E-state index < -0.39 is 5.97 Å². The number of aliphatic hydroxyl groups is 1. The molecule has 100 valence electrons. The molecule has 0 aliphatic rings. The predicted octanol–water partition coefficient (Wildman–Crippen LogP) is 0.769. The smallest absolute Gasteiger partial charge is 0.339 e. The van der Waals surface area contributed by atoms with Crippen LogP contribution in [0, 0.1) is 0 Å². The zero-order chi connectivity index (χ0) is 13.4. The minimum atomic E-state index is -1.02. The molecule has 6 nitrogen and oxygen atoms in total. The zero-order valence-electron chi connectivity index (χ0n) is 10.5. The fourth-order valence-electron chi connectivity index (χ4n) is 1.66. The van der Waals surface area contributed by atoms with E-state index >= 15 is 0 Å². The van der Waals surface area contributed by atoms with E-state index in [1.807, 2.05) is 4.90 Å². The summed E-state index contributed by atoms with van der Waals surface area (Å²) in [5.41, 5.74) is 0.610. The van der Waals surface area contributed by atoms with E-state index in [0.717, 1.165) is 19.4 Å². The van der Waals surface area contributed by atoms with E-state index in [4.69, 9.17) is 10.2 Å². The highest BCUT2D eigenvalue weighted by molar-refractivity contribution is 5.88. The molecule has 6 heteroatoms. The molecule has 0 radical (unpaired) electrons. The summed E-state index contributed by atoms with van der Waals surface area (Å²) in [4.78, 5) is 20.8. The summed E-state index contributed by atoms with van der Waals surface area (Å²) in [6.45, 7) is 3.90. The Balaban J connectivity index is 2.76. The summed E-state index contributed by atoms with van der Waals surface area (Å²) in [7, 11) is 0. The number of nitrogens with zero attached hydrogens (tertiary/aromatic N) is 3. The predicted molar refractivity (Wildman–Crippen MR) is 66.3 cm³/mol. The van der Waals surface area contributed by atoms with Gasteiger partial charge in [0.05, 0.1) is 12.3 Å². The first kappa shape index (κ1) is 14.5. The third kappa shape index (κ3) is 4.38. The molecule has 0 atom stereocenters. The maximum atomic E-state index is 11.0. The Morgan fingerprint density at radius 3 is 2.83 bits per heavy atom. The number of aliphatic hydroxyl groups excluding tert-OH is 1. The van der Waals surface area contributed by atoms with Crippen molar-refractivity contribution < 1.29 is 15.0 Å². The second kappa shape index (κ2) is 7.73. The van der Waals surface area contributed by atoms with Crippen molar-refractivity contribution in [1.29, 1.82) is 0 Å². The minimum absolute atomic E-state index is 0.0528. The van der Waals surface area contributed by atoms with Crippen molar-refractivity contribution in [3.05, 3.63) is 23.8 Å². The number of unbranched alkanes of at least 4 members (excludes halogenated alkanes) is 1. The molecule has 0 unspecified atom stereocenters. The standard InChI is InChI=1S/C12H19N3O3/c1-2-3-4-15(5-6-16)8-11-10(12(17)18)7-13-9-14-11/h7,9,16H,2-6,8H2,1H3,(H,17,18). The molecule has 0 aliphatic heterocycles. The summed E-state index contributed by atoms with van der Waals surface area (Å²) in [6, 6.07) is 0. The van der Waals surface area contributed by atoms with Gasteiger partial charge in [0, 0.05) is 19.3 Å². The minimum Gasteiger partial charge on any atom is -0.478 e. The molecule has 0 amide bonds. The molecule has 1 rings (SSSR count). The molecule has 0 aromatic carbocycles. The lowest BCUT2D eigenvalue weighted by Crippen LogP contribution is -2.29. The quantitative estimate of drug-likeness (QED) is 0.711. The van der Waals surface area contributed by atoms with Crippen LogP contribution in [0.25, 0.3) is 0 Å². The molecule has 0 saturated carbocycles. The van der Waals surface area contributed by atoms with Crippen molar-refractivity contribution in [1.82, 2.24) is 14.9 Å². The first-order valence-corrected chi connectivity index (χ1v) is 6.04. The molecule has 1 aromatic rings. The Hall–Kier alpha value is -1.53. The maximum Gasteiger partial charge on any atom is 0.339 e. The number of aromatic carboxylic acids is 1. The Bertz CT molecular complexity index is 385. The van der Waals surface area contributed by atoms with E-state index in [-0.39, 0.29) is 12.2 Å². The van der Waals surface area contributed by atoms with Crippen LogP contribution in [0.2, 0.25) is 0 Å². The van der Waals surface area contributed by atoms with Crippen molar-refractivity contribution in [2.75, 3.05) is 19.7 Å². The molecule has 0 saturated heterocycles. The third-order valence-electron chi connectivity index (χ3n) is 2.64. The number of aromatic nitrogens is 2. The van der Waals surface area contributed by atoms with Crippen LogP contribution in [0.4, 0.5) is 0 Å². The van der Waals surface area contributed by atoms with Gasteiger partial charge in [-0.05, 0) is 13.0 Å². The number of carboxylic acid groups (broad SMARTS) is 1. The number of hydrogen-bond donors (Lipinski definition) is 2. The van der Waals surface area contributed by atoms with Gasteiger partial charge in [0.2, 0.25) is 0 Å². The summed E-state index contributed by atoms with van der Waals surface area (Å²) in [6.07, 6.45) is 4.71. The molecule has 2 N–H and O–H groups in total. The van der Waals surface area contributed by atoms with Crippen molar-refractivity contribution in [3.63, 3.8) is 0 Å². The molecule has 1 heterocycles. The summed E-state index contributed by atoms with van der Waals surface area (Å²) >= 11 is 0. The second-order valence-corrected chi connectivity index (χ2v) is 4.04. The van der Waals surface area contributed by atoms with Crippen LogP contribution < -0.4 is 0 Å². The van der Waals surface area contributed by atoms with E-state index in [9.17, 15) is 4.79 Å². The van der Waals surface area contributed by atoms with Gasteiger partial charge < -0.3 is 10.2 Å². The topological polar surface area (TPSA) is 86.5 Å². The van der Waals surface area contributed by atoms with Crippen molar-refractivity contribution in [2.24, 2.45) is 0 Å². The molecular weight excluding hydrogens is 234 g/mol. The van der Waals surface area contributed by atoms with E-state index in [1.54, 1.807) is 0 Å². The maximum absolute atomic E-state index is 11.0. The van der Waals surface area contributed by atoms with Crippen LogP contribution in [0.5, 0.6) is 0 Å². The molecule has 0 spiro atoms. The number of hydrogen-bond acceptors (Lipinski definition) is 5. The van der Waals surface area contributed by atoms with E-state index in [2.05, 4.69) is 16.9 Å². The SMILES string of the molecule is CCCCN(CCO)Cc1ncncc1C(=O)O. The van der Waals surface area contributed by atoms with E-state index in [1.165, 1.54) is 12.5 Å². The highest BCUT2D eigenvalue weighted by Gasteiger charge is 2.14. The lowest BCUT2D eigenvalue weighted by Gasteiger charge is -2.21. The zero-order valence-corrected chi connectivity index (χ0v) is 10.5. The molecule has 0 bridgehead atoms. The van der Waals surface area contributed by atoms with Gasteiger partial charge >= 0.3 is 5.97 Å². The lowest BCUT2D eigenvalue weighted by molar-refractivity contribution is 0.0693. The van der Waals surface area contributed by atoms with Gasteiger partial charge in [-0.3, -0.25) is 4.90 Å². The second-order valence-electron chi connectivity index (χ2n) is 4.04. The van der Waals surface area contributed by atoms with Gasteiger partial charge in [-0.2, -0.15) is 0 Å². The third-order valence-corrected chi connectivity index (χ3v) is 2.64. The van der Waals surface area contributed by atoms with E-state index in [0.29, 0.717) is 18.8 Å². The summed E-state index contributed by atoms with van der Waals surface area (Å²) in [5.74, 6) is -1.02. The lowest BCUT2D eigenvalue weighted by atomic mass is 10.2. The summed E-state index contributed by atoms with van der Waals surface area (Å²) in [5, 5.41) is 18.0. The number of rotatable bonds is 8. The molecule has 18 heavy (non-hydrogen) atoms. The summed E-state index contributed by atoms with van der Waals surface area (Å²) < 4.78 is 0. The van der Waals surface area contributed by atoms with Gasteiger partial charge in [-0.1, -0.05) is 13.3 Å². The molecule has 0 fully saturated rings. The average Bonchev–Trinajstić information content (AvgIpc) is 2.36. The fourth-order valence-corrected chi connectivity index (χ4v) is 1.66. The highest BCUT2D eigenvalue weighted by atomic mass is 16.4. The van der Waals surface area contributed by atoms with Crippen LogP contribution >= 0.6 is 0 Å². The van der Waals surface area contributed by atoms with Crippen molar-refractivity contribution in [2.45, 2.75) is 26.3 Å². The fraction of sp³-hybridized carbons (Fsp3) is 0.583. The molecular formula is C12H19N3O3. The Morgan fingerprint density at radius 2 is 2.22 bits per heavy atom. The average molecular weight is 253 g/mol. The van der Waals surface area contributed by atoms with Gasteiger partial charge in [0.15, 0.2) is 0 Å². The number of carboxylic acids is 1. The first-order valence-electron chi connectivity index (χ1n) is 6.04. The van der Waals surface area contributed by atoms with Crippen LogP contribution in [0.1, 0.15) is 35.8 Å². The Labute approximate surface area is 106 Å². The molecule has 1 aromatic heterocycles. The van der Waals surface area contributed by atoms with Crippen LogP contribution in [0.15, 0.2) is 12.5 Å². The number of carbonyl (C=O) groups is 1.